The van der Waals surface area contributed by atoms with Crippen LogP contribution in [0.4, 0.5) is 5.69 Å². The molecule has 2 heterocycles. The minimum atomic E-state index is -0.464. The standard InChI is InChI=1S/C24H18N2O5S/c1-29-21-14-16(25-24(32)26-22(27)11-9-17-6-4-12-30-17)8-10-18(21)19-13-15-5-2-3-7-20(15)31-23(19)28/h2-14H,1H3,(H2,25,26,27,32). The minimum absolute atomic E-state index is 0.110. The Bertz CT molecular complexity index is 1370. The van der Waals surface area contributed by atoms with Gasteiger partial charge in [0.15, 0.2) is 5.11 Å². The summed E-state index contributed by atoms with van der Waals surface area (Å²) in [4.78, 5) is 24.5. The molecule has 4 aromatic rings. The van der Waals surface area contributed by atoms with Crippen LogP contribution < -0.4 is 21.0 Å². The van der Waals surface area contributed by atoms with Crippen LogP contribution in [0.5, 0.6) is 5.75 Å². The number of carbonyl (C=O) groups excluding carboxylic acids is 1. The number of carbonyl (C=O) groups is 1. The molecule has 2 aromatic carbocycles. The summed E-state index contributed by atoms with van der Waals surface area (Å²) >= 11 is 5.20. The lowest BCUT2D eigenvalue weighted by atomic mass is 10.0. The summed E-state index contributed by atoms with van der Waals surface area (Å²) in [5, 5.41) is 6.39. The molecule has 4 rings (SSSR count). The van der Waals surface area contributed by atoms with Crippen LogP contribution in [-0.2, 0) is 4.79 Å². The number of anilines is 1. The van der Waals surface area contributed by atoms with Crippen LogP contribution in [0.1, 0.15) is 5.76 Å². The van der Waals surface area contributed by atoms with E-state index >= 15 is 0 Å². The number of ether oxygens (including phenoxy) is 1. The first-order chi connectivity index (χ1) is 15.5. The van der Waals surface area contributed by atoms with Crippen LogP contribution in [-0.4, -0.2) is 18.1 Å². The van der Waals surface area contributed by atoms with E-state index in [1.54, 1.807) is 48.5 Å². The maximum absolute atomic E-state index is 12.5. The summed E-state index contributed by atoms with van der Waals surface area (Å²) in [5.41, 5.74) is 1.59. The Morgan fingerprint density at radius 2 is 1.91 bits per heavy atom. The summed E-state index contributed by atoms with van der Waals surface area (Å²) in [7, 11) is 1.50. The number of amides is 1. The van der Waals surface area contributed by atoms with Gasteiger partial charge in [0.05, 0.1) is 18.9 Å². The van der Waals surface area contributed by atoms with E-state index in [9.17, 15) is 9.59 Å². The first-order valence-electron chi connectivity index (χ1n) is 9.58. The molecule has 0 radical (unpaired) electrons. The van der Waals surface area contributed by atoms with Crippen molar-refractivity contribution in [2.45, 2.75) is 0 Å². The summed E-state index contributed by atoms with van der Waals surface area (Å²) < 4.78 is 16.0. The van der Waals surface area contributed by atoms with Gasteiger partial charge in [-0.2, -0.15) is 0 Å². The van der Waals surface area contributed by atoms with Crippen molar-refractivity contribution in [1.82, 2.24) is 5.32 Å². The van der Waals surface area contributed by atoms with E-state index in [1.807, 2.05) is 12.1 Å². The van der Waals surface area contributed by atoms with E-state index in [2.05, 4.69) is 10.6 Å². The third-order valence-corrected chi connectivity index (χ3v) is 4.77. The molecule has 7 nitrogen and oxygen atoms in total. The van der Waals surface area contributed by atoms with Crippen LogP contribution in [0, 0.1) is 0 Å². The van der Waals surface area contributed by atoms with Gasteiger partial charge in [-0.1, -0.05) is 18.2 Å². The Morgan fingerprint density at radius 1 is 1.06 bits per heavy atom. The summed E-state index contributed by atoms with van der Waals surface area (Å²) in [5.74, 6) is 0.596. The summed E-state index contributed by atoms with van der Waals surface area (Å²) in [6.07, 6.45) is 4.36. The van der Waals surface area contributed by atoms with Crippen molar-refractivity contribution in [1.29, 1.82) is 0 Å². The zero-order chi connectivity index (χ0) is 22.5. The average molecular weight is 446 g/mol. The fourth-order valence-corrected chi connectivity index (χ4v) is 3.32. The van der Waals surface area contributed by atoms with E-state index < -0.39 is 11.5 Å². The van der Waals surface area contributed by atoms with Crippen LogP contribution >= 0.6 is 12.2 Å². The Morgan fingerprint density at radius 3 is 2.69 bits per heavy atom. The predicted molar refractivity (Wildman–Crippen MR) is 127 cm³/mol. The SMILES string of the molecule is COc1cc(NC(=S)NC(=O)C=Cc2ccco2)ccc1-c1cc2ccccc2oc1=O. The molecule has 0 spiro atoms. The molecule has 8 heteroatoms. The quantitative estimate of drug-likeness (QED) is 0.263. The molecule has 0 aliphatic rings. The number of benzene rings is 2. The monoisotopic (exact) mass is 446 g/mol. The van der Waals surface area contributed by atoms with Crippen molar-refractivity contribution >= 4 is 46.0 Å². The van der Waals surface area contributed by atoms with Gasteiger partial charge in [-0.15, -0.1) is 0 Å². The first kappa shape index (κ1) is 21.1. The maximum Gasteiger partial charge on any atom is 0.344 e. The van der Waals surface area contributed by atoms with E-state index in [-0.39, 0.29) is 5.11 Å². The lowest BCUT2D eigenvalue weighted by molar-refractivity contribution is -0.115. The number of hydrogen-bond donors (Lipinski definition) is 2. The van der Waals surface area contributed by atoms with Crippen molar-refractivity contribution < 1.29 is 18.4 Å². The molecule has 0 unspecified atom stereocenters. The fraction of sp³-hybridized carbons (Fsp3) is 0.0417. The molecule has 0 aliphatic carbocycles. The molecule has 0 saturated heterocycles. The fourth-order valence-electron chi connectivity index (χ4n) is 3.10. The number of thiocarbonyl (C=S) groups is 1. The van der Waals surface area contributed by atoms with Crippen LogP contribution in [0.2, 0.25) is 0 Å². The Kier molecular flexibility index (Phi) is 6.14. The third-order valence-electron chi connectivity index (χ3n) is 4.57. The summed E-state index contributed by atoms with van der Waals surface area (Å²) in [6, 6.07) is 17.6. The highest BCUT2D eigenvalue weighted by atomic mass is 32.1. The highest BCUT2D eigenvalue weighted by Crippen LogP contribution is 2.32. The van der Waals surface area contributed by atoms with Gasteiger partial charge in [-0.05, 0) is 54.7 Å². The average Bonchev–Trinajstić information content (AvgIpc) is 3.31. The number of hydrogen-bond acceptors (Lipinski definition) is 6. The lowest BCUT2D eigenvalue weighted by Crippen LogP contribution is -2.32. The van der Waals surface area contributed by atoms with Gasteiger partial charge in [0, 0.05) is 28.8 Å². The normalized spacial score (nSPS) is 10.9. The van der Waals surface area contributed by atoms with Crippen LogP contribution in [0.25, 0.3) is 28.2 Å². The predicted octanol–water partition coefficient (Wildman–Crippen LogP) is 4.59. The molecule has 1 amide bonds. The molecule has 0 aliphatic heterocycles. The van der Waals surface area contributed by atoms with Gasteiger partial charge < -0.3 is 18.9 Å². The Hall–Kier alpha value is -4.17. The number of nitrogens with one attached hydrogen (secondary N) is 2. The highest BCUT2D eigenvalue weighted by molar-refractivity contribution is 7.80. The summed E-state index contributed by atoms with van der Waals surface area (Å²) in [6.45, 7) is 0. The second-order valence-corrected chi connectivity index (χ2v) is 7.10. The third kappa shape index (κ3) is 4.76. The minimum Gasteiger partial charge on any atom is -0.496 e. The molecule has 2 N–H and O–H groups in total. The van der Waals surface area contributed by atoms with Crippen molar-refractivity contribution in [3.63, 3.8) is 0 Å². The number of furan rings is 1. The van der Waals surface area contributed by atoms with Crippen molar-refractivity contribution in [2.24, 2.45) is 0 Å². The zero-order valence-corrected chi connectivity index (χ0v) is 17.8. The van der Waals surface area contributed by atoms with Gasteiger partial charge >= 0.3 is 5.63 Å². The Labute approximate surface area is 188 Å². The molecule has 0 atom stereocenters. The number of rotatable bonds is 5. The van der Waals surface area contributed by atoms with Crippen LogP contribution in [0.15, 0.2) is 86.6 Å². The van der Waals surface area contributed by atoms with Gasteiger partial charge in [0.2, 0.25) is 5.91 Å². The van der Waals surface area contributed by atoms with E-state index in [1.165, 1.54) is 25.5 Å². The smallest absolute Gasteiger partial charge is 0.344 e. The van der Waals surface area contributed by atoms with Crippen molar-refractivity contribution in [2.75, 3.05) is 12.4 Å². The molecule has 2 aromatic heterocycles. The number of methoxy groups -OCH3 is 1. The number of para-hydroxylation sites is 1. The topological polar surface area (TPSA) is 93.7 Å². The Balaban J connectivity index is 1.51. The molecule has 160 valence electrons. The first-order valence-corrected chi connectivity index (χ1v) is 9.99. The van der Waals surface area contributed by atoms with Crippen molar-refractivity contribution in [3.8, 4) is 16.9 Å². The molecular weight excluding hydrogens is 428 g/mol. The van der Waals surface area contributed by atoms with E-state index in [0.29, 0.717) is 33.9 Å². The molecule has 0 bridgehead atoms. The van der Waals surface area contributed by atoms with Gasteiger partial charge in [0.1, 0.15) is 17.1 Å². The maximum atomic E-state index is 12.5. The second kappa shape index (κ2) is 9.32. The van der Waals surface area contributed by atoms with E-state index in [0.717, 1.165) is 5.39 Å². The van der Waals surface area contributed by atoms with Crippen LogP contribution in [0.3, 0.4) is 0 Å². The second-order valence-electron chi connectivity index (χ2n) is 6.69. The van der Waals surface area contributed by atoms with Gasteiger partial charge in [-0.25, -0.2) is 4.79 Å². The largest absolute Gasteiger partial charge is 0.496 e. The molecule has 32 heavy (non-hydrogen) atoms. The van der Waals surface area contributed by atoms with Gasteiger partial charge in [-0.3, -0.25) is 10.1 Å². The lowest BCUT2D eigenvalue weighted by Gasteiger charge is -2.13. The highest BCUT2D eigenvalue weighted by Gasteiger charge is 2.14. The van der Waals surface area contributed by atoms with Crippen molar-refractivity contribution in [3.05, 3.63) is 89.2 Å². The molecule has 0 fully saturated rings. The zero-order valence-electron chi connectivity index (χ0n) is 17.0. The molecular formula is C24H18N2O5S. The number of fused-ring (bicyclic) bond motifs is 1. The molecule has 0 saturated carbocycles. The van der Waals surface area contributed by atoms with E-state index in [4.69, 9.17) is 25.8 Å². The van der Waals surface area contributed by atoms with Gasteiger partial charge in [0.25, 0.3) is 0 Å².